The minimum Gasteiger partial charge on any atom is -0.374 e. The summed E-state index contributed by atoms with van der Waals surface area (Å²) in [7, 11) is 0. The third-order valence-corrected chi connectivity index (χ3v) is 3.80. The summed E-state index contributed by atoms with van der Waals surface area (Å²) >= 11 is 0. The van der Waals surface area contributed by atoms with Crippen molar-refractivity contribution in [2.45, 2.75) is 37.8 Å². The summed E-state index contributed by atoms with van der Waals surface area (Å²) in [6.07, 6.45) is 8.76. The van der Waals surface area contributed by atoms with Crippen LogP contribution in [0.2, 0.25) is 0 Å². The predicted molar refractivity (Wildman–Crippen MR) is 56.3 cm³/mol. The average molecular weight is 207 g/mol. The summed E-state index contributed by atoms with van der Waals surface area (Å²) in [4.78, 5) is 14.3. The topological polar surface area (TPSA) is 29.5 Å². The Kier molecular flexibility index (Phi) is 2.28. The number of allylic oxidation sites excluding steroid dienone is 2. The number of ether oxygens (including phenoxy) is 1. The number of likely N-dealkylation sites (tertiary alicyclic amines) is 1. The standard InChI is InChI=1S/C12H17NO2/c14-12(9-4-2-1-3-5-9)13-7-11-6-10(13)8-15-11/h1-2,9-11H,3-8H2/t9-,10+,11-/m1/s1. The minimum atomic E-state index is 0.245. The molecule has 82 valence electrons. The van der Waals surface area contributed by atoms with Gasteiger partial charge in [0.1, 0.15) is 0 Å². The lowest BCUT2D eigenvalue weighted by Crippen LogP contribution is -2.44. The second kappa shape index (κ2) is 3.63. The van der Waals surface area contributed by atoms with E-state index in [0.717, 1.165) is 38.8 Å². The van der Waals surface area contributed by atoms with E-state index < -0.39 is 0 Å². The molecule has 0 N–H and O–H groups in total. The molecule has 3 atom stereocenters. The van der Waals surface area contributed by atoms with Crippen LogP contribution in [0.4, 0.5) is 0 Å². The number of hydrogen-bond acceptors (Lipinski definition) is 2. The van der Waals surface area contributed by atoms with Gasteiger partial charge in [-0.05, 0) is 25.7 Å². The first-order chi connectivity index (χ1) is 7.34. The molecule has 2 saturated heterocycles. The van der Waals surface area contributed by atoms with Crippen molar-refractivity contribution >= 4 is 5.91 Å². The van der Waals surface area contributed by atoms with Crippen LogP contribution in [0, 0.1) is 5.92 Å². The van der Waals surface area contributed by atoms with Crippen LogP contribution >= 0.6 is 0 Å². The number of carbonyl (C=O) groups is 1. The molecule has 2 heterocycles. The predicted octanol–water partition coefficient (Wildman–Crippen LogP) is 1.34. The molecule has 1 aliphatic carbocycles. The van der Waals surface area contributed by atoms with Crippen molar-refractivity contribution < 1.29 is 9.53 Å². The lowest BCUT2D eigenvalue weighted by atomic mass is 9.93. The summed E-state index contributed by atoms with van der Waals surface area (Å²) in [6, 6.07) is 0.383. The van der Waals surface area contributed by atoms with Gasteiger partial charge < -0.3 is 9.64 Å². The van der Waals surface area contributed by atoms with Crippen LogP contribution in [-0.4, -0.2) is 36.1 Å². The first-order valence-electron chi connectivity index (χ1n) is 5.91. The van der Waals surface area contributed by atoms with Gasteiger partial charge in [0.2, 0.25) is 5.91 Å². The first-order valence-corrected chi connectivity index (χ1v) is 5.91. The van der Waals surface area contributed by atoms with Crippen molar-refractivity contribution in [3.05, 3.63) is 12.2 Å². The summed E-state index contributed by atoms with van der Waals surface area (Å²) in [5, 5.41) is 0. The van der Waals surface area contributed by atoms with E-state index in [4.69, 9.17) is 4.74 Å². The van der Waals surface area contributed by atoms with E-state index in [0.29, 0.717) is 18.1 Å². The molecule has 3 nitrogen and oxygen atoms in total. The zero-order valence-electron chi connectivity index (χ0n) is 8.89. The molecule has 0 unspecified atom stereocenters. The number of hydrogen-bond donors (Lipinski definition) is 0. The molecule has 2 fully saturated rings. The maximum atomic E-state index is 12.2. The van der Waals surface area contributed by atoms with Gasteiger partial charge in [0.25, 0.3) is 0 Å². The lowest BCUT2D eigenvalue weighted by Gasteiger charge is -2.31. The van der Waals surface area contributed by atoms with Gasteiger partial charge in [-0.1, -0.05) is 12.2 Å². The molecular formula is C12H17NO2. The molecular weight excluding hydrogens is 190 g/mol. The molecule has 0 radical (unpaired) electrons. The van der Waals surface area contributed by atoms with Crippen molar-refractivity contribution in [1.29, 1.82) is 0 Å². The van der Waals surface area contributed by atoms with E-state index in [2.05, 4.69) is 17.1 Å². The number of rotatable bonds is 1. The molecule has 2 bridgehead atoms. The number of nitrogens with zero attached hydrogens (tertiary/aromatic N) is 1. The fourth-order valence-corrected chi connectivity index (χ4v) is 2.92. The summed E-state index contributed by atoms with van der Waals surface area (Å²) in [5.74, 6) is 0.615. The van der Waals surface area contributed by atoms with E-state index in [1.54, 1.807) is 0 Å². The zero-order chi connectivity index (χ0) is 10.3. The lowest BCUT2D eigenvalue weighted by molar-refractivity contribution is -0.140. The SMILES string of the molecule is O=C([C@@H]1CC=CCC1)N1C[C@H]2C[C@H]1CO2. The van der Waals surface area contributed by atoms with Crippen LogP contribution in [0.1, 0.15) is 25.7 Å². The highest BCUT2D eigenvalue weighted by Crippen LogP contribution is 2.31. The van der Waals surface area contributed by atoms with Gasteiger partial charge in [0, 0.05) is 12.5 Å². The number of fused-ring (bicyclic) bond motifs is 2. The van der Waals surface area contributed by atoms with Gasteiger partial charge >= 0.3 is 0 Å². The average Bonchev–Trinajstić information content (AvgIpc) is 2.91. The third kappa shape index (κ3) is 1.59. The second-order valence-electron chi connectivity index (χ2n) is 4.82. The highest BCUT2D eigenvalue weighted by atomic mass is 16.5. The Bertz CT molecular complexity index is 300. The largest absolute Gasteiger partial charge is 0.374 e. The van der Waals surface area contributed by atoms with Crippen molar-refractivity contribution in [1.82, 2.24) is 4.90 Å². The summed E-state index contributed by atoms with van der Waals surface area (Å²) < 4.78 is 5.51. The molecule has 0 spiro atoms. The van der Waals surface area contributed by atoms with E-state index >= 15 is 0 Å². The first kappa shape index (κ1) is 9.40. The van der Waals surface area contributed by atoms with E-state index in [-0.39, 0.29) is 5.92 Å². The Morgan fingerprint density at radius 3 is 2.93 bits per heavy atom. The second-order valence-corrected chi connectivity index (χ2v) is 4.82. The smallest absolute Gasteiger partial charge is 0.226 e. The molecule has 2 aliphatic heterocycles. The van der Waals surface area contributed by atoms with Gasteiger partial charge in [-0.2, -0.15) is 0 Å². The Morgan fingerprint density at radius 1 is 1.40 bits per heavy atom. The quantitative estimate of drug-likeness (QED) is 0.607. The van der Waals surface area contributed by atoms with Gasteiger partial charge in [0.05, 0.1) is 18.8 Å². The molecule has 3 heteroatoms. The Balaban J connectivity index is 1.67. The molecule has 1 amide bonds. The zero-order valence-corrected chi connectivity index (χ0v) is 8.89. The highest BCUT2D eigenvalue weighted by molar-refractivity contribution is 5.80. The van der Waals surface area contributed by atoms with Crippen LogP contribution < -0.4 is 0 Å². The third-order valence-electron chi connectivity index (χ3n) is 3.80. The number of carbonyl (C=O) groups excluding carboxylic acids is 1. The van der Waals surface area contributed by atoms with E-state index in [1.807, 2.05) is 0 Å². The van der Waals surface area contributed by atoms with Crippen LogP contribution in [-0.2, 0) is 9.53 Å². The Morgan fingerprint density at radius 2 is 2.33 bits per heavy atom. The van der Waals surface area contributed by atoms with E-state index in [1.165, 1.54) is 0 Å². The number of morpholine rings is 1. The van der Waals surface area contributed by atoms with Gasteiger partial charge in [-0.15, -0.1) is 0 Å². The Hall–Kier alpha value is -0.830. The monoisotopic (exact) mass is 207 g/mol. The number of amides is 1. The Labute approximate surface area is 90.1 Å². The molecule has 0 aromatic rings. The van der Waals surface area contributed by atoms with E-state index in [9.17, 15) is 4.79 Å². The van der Waals surface area contributed by atoms with Gasteiger partial charge in [0.15, 0.2) is 0 Å². The molecule has 3 aliphatic rings. The van der Waals surface area contributed by atoms with Crippen LogP contribution in [0.3, 0.4) is 0 Å². The normalized spacial score (nSPS) is 38.7. The van der Waals surface area contributed by atoms with Crippen LogP contribution in [0.25, 0.3) is 0 Å². The highest BCUT2D eigenvalue weighted by Gasteiger charge is 2.42. The molecule has 0 aromatic carbocycles. The molecule has 0 aromatic heterocycles. The van der Waals surface area contributed by atoms with Gasteiger partial charge in [-0.3, -0.25) is 4.79 Å². The molecule has 15 heavy (non-hydrogen) atoms. The van der Waals surface area contributed by atoms with Crippen molar-refractivity contribution in [3.8, 4) is 0 Å². The molecule has 3 rings (SSSR count). The summed E-state index contributed by atoms with van der Waals surface area (Å²) in [6.45, 7) is 1.60. The minimum absolute atomic E-state index is 0.245. The van der Waals surface area contributed by atoms with Crippen LogP contribution in [0.5, 0.6) is 0 Å². The molecule has 0 saturated carbocycles. The van der Waals surface area contributed by atoms with Crippen molar-refractivity contribution in [2.24, 2.45) is 5.92 Å². The summed E-state index contributed by atoms with van der Waals surface area (Å²) in [5.41, 5.74) is 0. The van der Waals surface area contributed by atoms with Crippen molar-refractivity contribution in [2.75, 3.05) is 13.2 Å². The van der Waals surface area contributed by atoms with Gasteiger partial charge in [-0.25, -0.2) is 0 Å². The fraction of sp³-hybridized carbons (Fsp3) is 0.750. The maximum Gasteiger partial charge on any atom is 0.226 e. The van der Waals surface area contributed by atoms with Crippen molar-refractivity contribution in [3.63, 3.8) is 0 Å². The van der Waals surface area contributed by atoms with Crippen LogP contribution in [0.15, 0.2) is 12.2 Å². The maximum absolute atomic E-state index is 12.2. The fourth-order valence-electron chi connectivity index (χ4n) is 2.92.